The highest BCUT2D eigenvalue weighted by atomic mass is 35.5. The van der Waals surface area contributed by atoms with Gasteiger partial charge in [-0.2, -0.15) is 0 Å². The summed E-state index contributed by atoms with van der Waals surface area (Å²) in [7, 11) is 1.33. The number of benzene rings is 3. The molecule has 0 saturated heterocycles. The average Bonchev–Trinajstić information content (AvgIpc) is 3.30. The van der Waals surface area contributed by atoms with Crippen LogP contribution in [0.5, 0.6) is 11.5 Å². The van der Waals surface area contributed by atoms with Crippen LogP contribution < -0.4 is 24.4 Å². The number of fused-ring (bicyclic) bond motifs is 1. The number of hydrogen-bond acceptors (Lipinski definition) is 7. The molecule has 3 aromatic carbocycles. The van der Waals surface area contributed by atoms with Crippen LogP contribution in [0.1, 0.15) is 43.0 Å². The van der Waals surface area contributed by atoms with Gasteiger partial charge in [0.2, 0.25) is 0 Å². The van der Waals surface area contributed by atoms with Crippen molar-refractivity contribution in [1.29, 1.82) is 0 Å². The minimum absolute atomic E-state index is 0.208. The lowest BCUT2D eigenvalue weighted by molar-refractivity contribution is -0.136. The Morgan fingerprint density at radius 2 is 1.76 bits per heavy atom. The Balaban J connectivity index is 1.60. The molecule has 2 heterocycles. The number of carbonyl (C=O) groups is 1. The van der Waals surface area contributed by atoms with Gasteiger partial charge in [0.15, 0.2) is 16.3 Å². The summed E-state index contributed by atoms with van der Waals surface area (Å²) in [5.74, 6) is 0.315. The number of rotatable bonds is 9. The van der Waals surface area contributed by atoms with E-state index in [4.69, 9.17) is 42.4 Å². The quantitative estimate of drug-likeness (QED) is 0.211. The van der Waals surface area contributed by atoms with E-state index < -0.39 is 12.0 Å². The lowest BCUT2D eigenvalue weighted by Gasteiger charge is -2.25. The zero-order valence-corrected chi connectivity index (χ0v) is 25.6. The van der Waals surface area contributed by atoms with E-state index in [1.807, 2.05) is 62.4 Å². The first-order valence-electron chi connectivity index (χ1n) is 13.4. The molecule has 216 valence electrons. The van der Waals surface area contributed by atoms with Gasteiger partial charge in [-0.3, -0.25) is 9.36 Å². The van der Waals surface area contributed by atoms with Crippen molar-refractivity contribution in [1.82, 2.24) is 4.57 Å². The Hall–Kier alpha value is -3.85. The lowest BCUT2D eigenvalue weighted by atomic mass is 9.95. The van der Waals surface area contributed by atoms with E-state index in [1.165, 1.54) is 18.4 Å². The number of carbonyl (C=O) groups excluding carboxylic acids is 1. The topological polar surface area (TPSA) is 79.1 Å². The Bertz CT molecular complexity index is 1850. The van der Waals surface area contributed by atoms with Gasteiger partial charge >= 0.3 is 5.97 Å². The molecule has 0 bridgehead atoms. The summed E-state index contributed by atoms with van der Waals surface area (Å²) in [6.45, 7) is 4.38. The fraction of sp³-hybridized carbons (Fsp3) is 0.219. The van der Waals surface area contributed by atoms with Crippen molar-refractivity contribution in [3.63, 3.8) is 0 Å². The third-order valence-electron chi connectivity index (χ3n) is 6.72. The number of hydrogen-bond donors (Lipinski definition) is 0. The van der Waals surface area contributed by atoms with Crippen molar-refractivity contribution in [3.05, 3.63) is 124 Å². The summed E-state index contributed by atoms with van der Waals surface area (Å²) in [4.78, 5) is 32.1. The Morgan fingerprint density at radius 1 is 1.02 bits per heavy atom. The molecular formula is C32H28Cl2N2O5S. The van der Waals surface area contributed by atoms with Crippen molar-refractivity contribution in [2.45, 2.75) is 32.9 Å². The number of halogens is 2. The maximum absolute atomic E-state index is 13.9. The van der Waals surface area contributed by atoms with Crippen molar-refractivity contribution >= 4 is 46.6 Å². The molecule has 0 saturated carbocycles. The van der Waals surface area contributed by atoms with Crippen molar-refractivity contribution in [3.8, 4) is 11.5 Å². The molecule has 42 heavy (non-hydrogen) atoms. The van der Waals surface area contributed by atoms with Gasteiger partial charge in [0, 0.05) is 10.6 Å². The monoisotopic (exact) mass is 622 g/mol. The highest BCUT2D eigenvalue weighted by molar-refractivity contribution is 7.07. The number of thiazole rings is 1. The molecule has 10 heteroatoms. The summed E-state index contributed by atoms with van der Waals surface area (Å²) in [6.07, 6.45) is 2.24. The third kappa shape index (κ3) is 5.88. The van der Waals surface area contributed by atoms with Crippen molar-refractivity contribution < 1.29 is 19.0 Å². The maximum Gasteiger partial charge on any atom is 0.338 e. The number of esters is 1. The van der Waals surface area contributed by atoms with E-state index in [-0.39, 0.29) is 12.2 Å². The van der Waals surface area contributed by atoms with Gasteiger partial charge in [0.25, 0.3) is 5.56 Å². The van der Waals surface area contributed by atoms with Crippen LogP contribution >= 0.6 is 34.5 Å². The number of aromatic nitrogens is 1. The van der Waals surface area contributed by atoms with Crippen molar-refractivity contribution in [2.75, 3.05) is 13.7 Å². The predicted octanol–water partition coefficient (Wildman–Crippen LogP) is 6.08. The SMILES string of the molecule is CCOc1cc(/C=c2\sc3n(c2=O)[C@H](c2ccccc2)C(C(=O)OC)=C(CC)N=3)cc(Cl)c1OCc1ccccc1Cl. The summed E-state index contributed by atoms with van der Waals surface area (Å²) in [6, 6.07) is 19.6. The largest absolute Gasteiger partial charge is 0.490 e. The third-order valence-corrected chi connectivity index (χ3v) is 8.36. The summed E-state index contributed by atoms with van der Waals surface area (Å²) in [5, 5.41) is 0.921. The second-order valence-electron chi connectivity index (χ2n) is 9.34. The van der Waals surface area contributed by atoms with E-state index in [2.05, 4.69) is 0 Å². The Morgan fingerprint density at radius 3 is 2.45 bits per heavy atom. The average molecular weight is 624 g/mol. The molecule has 7 nitrogen and oxygen atoms in total. The number of nitrogens with zero attached hydrogens (tertiary/aromatic N) is 2. The second kappa shape index (κ2) is 13.0. The zero-order chi connectivity index (χ0) is 29.8. The predicted molar refractivity (Wildman–Crippen MR) is 165 cm³/mol. The van der Waals surface area contributed by atoms with Gasteiger partial charge < -0.3 is 14.2 Å². The van der Waals surface area contributed by atoms with Gasteiger partial charge in [0.1, 0.15) is 6.61 Å². The van der Waals surface area contributed by atoms with Gasteiger partial charge in [0.05, 0.1) is 40.6 Å². The Kier molecular flexibility index (Phi) is 9.16. The standard InChI is InChI=1S/C32H28Cl2N2O5S/c1-4-24-27(31(38)39-3)28(20-11-7-6-8-12-20)36-30(37)26(42-32(36)35-24)17-19-15-23(34)29(25(16-19)40-5-2)41-18-21-13-9-10-14-22(21)33/h6-17,28H,4-5,18H2,1-3H3/b26-17-/t28-/m1/s1. The molecule has 0 aliphatic carbocycles. The lowest BCUT2D eigenvalue weighted by Crippen LogP contribution is -2.40. The second-order valence-corrected chi connectivity index (χ2v) is 11.2. The van der Waals surface area contributed by atoms with Crippen LogP contribution in [-0.4, -0.2) is 24.3 Å². The van der Waals surface area contributed by atoms with Crippen LogP contribution in [-0.2, 0) is 16.1 Å². The fourth-order valence-electron chi connectivity index (χ4n) is 4.81. The van der Waals surface area contributed by atoms with Gasteiger partial charge in [-0.05, 0) is 48.7 Å². The van der Waals surface area contributed by atoms with E-state index in [1.54, 1.807) is 28.8 Å². The van der Waals surface area contributed by atoms with E-state index in [0.717, 1.165) is 11.1 Å². The summed E-state index contributed by atoms with van der Waals surface area (Å²) >= 11 is 14.2. The molecule has 0 amide bonds. The van der Waals surface area contributed by atoms with Crippen LogP contribution in [0.4, 0.5) is 0 Å². The molecule has 0 unspecified atom stereocenters. The first-order chi connectivity index (χ1) is 20.4. The first kappa shape index (κ1) is 29.6. The van der Waals surface area contributed by atoms with Gasteiger partial charge in [-0.15, -0.1) is 0 Å². The van der Waals surface area contributed by atoms with Crippen molar-refractivity contribution in [2.24, 2.45) is 4.99 Å². The fourth-order valence-corrected chi connectivity index (χ4v) is 6.29. The molecule has 0 radical (unpaired) electrons. The Labute approximate surface area is 256 Å². The van der Waals surface area contributed by atoms with Crippen LogP contribution in [0.15, 0.2) is 87.8 Å². The molecular weight excluding hydrogens is 595 g/mol. The molecule has 1 aromatic heterocycles. The highest BCUT2D eigenvalue weighted by Gasteiger charge is 2.33. The highest BCUT2D eigenvalue weighted by Crippen LogP contribution is 2.38. The molecule has 0 spiro atoms. The van der Waals surface area contributed by atoms with Gasteiger partial charge in [-0.25, -0.2) is 9.79 Å². The van der Waals surface area contributed by atoms with Crippen LogP contribution in [0.3, 0.4) is 0 Å². The zero-order valence-electron chi connectivity index (χ0n) is 23.2. The van der Waals surface area contributed by atoms with E-state index in [9.17, 15) is 9.59 Å². The number of methoxy groups -OCH3 is 1. The molecule has 4 aromatic rings. The summed E-state index contributed by atoms with van der Waals surface area (Å²) < 4.78 is 19.0. The molecule has 5 rings (SSSR count). The number of ether oxygens (including phenoxy) is 3. The molecule has 1 aliphatic heterocycles. The first-order valence-corrected chi connectivity index (χ1v) is 14.9. The number of allylic oxidation sites excluding steroid dienone is 1. The molecule has 1 atom stereocenters. The minimum atomic E-state index is -0.671. The molecule has 0 fully saturated rings. The molecule has 0 N–H and O–H groups in total. The van der Waals surface area contributed by atoms with Gasteiger partial charge in [-0.1, -0.05) is 90.0 Å². The van der Waals surface area contributed by atoms with E-state index >= 15 is 0 Å². The van der Waals surface area contributed by atoms with Crippen LogP contribution in [0, 0.1) is 0 Å². The van der Waals surface area contributed by atoms with Crippen LogP contribution in [0.2, 0.25) is 10.0 Å². The minimum Gasteiger partial charge on any atom is -0.490 e. The smallest absolute Gasteiger partial charge is 0.338 e. The summed E-state index contributed by atoms with van der Waals surface area (Å²) in [5.41, 5.74) is 2.91. The van der Waals surface area contributed by atoms with E-state index in [0.29, 0.717) is 60.7 Å². The van der Waals surface area contributed by atoms with Crippen LogP contribution in [0.25, 0.3) is 6.08 Å². The molecule has 1 aliphatic rings. The normalized spacial score (nSPS) is 14.8. The maximum atomic E-state index is 13.9.